The number of hydrogen-bond acceptors (Lipinski definition) is 8. The Morgan fingerprint density at radius 3 is 2.36 bits per heavy atom. The molecule has 1 aromatic rings. The monoisotopic (exact) mass is 534 g/mol. The fourth-order valence-electron chi connectivity index (χ4n) is 3.69. The third-order valence-electron chi connectivity index (χ3n) is 5.14. The number of ether oxygens (including phenoxy) is 4. The molecule has 1 heterocycles. The van der Waals surface area contributed by atoms with E-state index in [2.05, 4.69) is 5.32 Å². The van der Waals surface area contributed by atoms with Crippen molar-refractivity contribution in [2.45, 2.75) is 39.0 Å². The minimum absolute atomic E-state index is 0.0792. The smallest absolute Gasteiger partial charge is 0.417 e. The van der Waals surface area contributed by atoms with Gasteiger partial charge in [0.25, 0.3) is 0 Å². The summed E-state index contributed by atoms with van der Waals surface area (Å²) in [5, 5.41) is 2.32. The van der Waals surface area contributed by atoms with Crippen LogP contribution < -0.4 is 11.1 Å². The summed E-state index contributed by atoms with van der Waals surface area (Å²) in [5.74, 6) is -3.00. The molecule has 0 amide bonds. The summed E-state index contributed by atoms with van der Waals surface area (Å²) >= 11 is 6.24. The lowest BCUT2D eigenvalue weighted by molar-refractivity contribution is -0.143. The molecule has 0 aliphatic carbocycles. The lowest BCUT2D eigenvalue weighted by Crippen LogP contribution is -2.35. The molecule has 0 unspecified atom stereocenters. The molecule has 36 heavy (non-hydrogen) atoms. The van der Waals surface area contributed by atoms with Crippen LogP contribution in [0.1, 0.15) is 37.8 Å². The molecule has 1 atom stereocenters. The minimum Gasteiger partial charge on any atom is -0.466 e. The Balaban J connectivity index is 2.67. The molecule has 0 radical (unpaired) electrons. The molecule has 3 N–H and O–H groups in total. The second-order valence-corrected chi connectivity index (χ2v) is 8.47. The maximum absolute atomic E-state index is 13.6. The SMILES string of the molecule is COC(=O)C1=C(C)NC(COCCOCCN)=C(C(=O)OC(C)C)[C@@H]1c1cccc(C(F)(F)F)c1Cl. The molecule has 2 rings (SSSR count). The first-order chi connectivity index (χ1) is 16.9. The van der Waals surface area contributed by atoms with Gasteiger partial charge in [0.05, 0.1) is 73.0 Å². The van der Waals surface area contributed by atoms with Gasteiger partial charge in [0.15, 0.2) is 0 Å². The number of nitrogens with one attached hydrogen (secondary N) is 1. The van der Waals surface area contributed by atoms with Gasteiger partial charge in [0.1, 0.15) is 0 Å². The number of hydrogen-bond donors (Lipinski definition) is 2. The second-order valence-electron chi connectivity index (χ2n) is 8.09. The Bertz CT molecular complexity index is 1020. The van der Waals surface area contributed by atoms with E-state index in [-0.39, 0.29) is 47.9 Å². The number of alkyl halides is 3. The summed E-state index contributed by atoms with van der Waals surface area (Å²) < 4.78 is 62.1. The van der Waals surface area contributed by atoms with Crippen molar-refractivity contribution in [2.24, 2.45) is 5.73 Å². The van der Waals surface area contributed by atoms with Crippen LogP contribution in [0.25, 0.3) is 0 Å². The van der Waals surface area contributed by atoms with E-state index in [0.29, 0.717) is 13.2 Å². The maximum Gasteiger partial charge on any atom is 0.417 e. The lowest BCUT2D eigenvalue weighted by Gasteiger charge is -2.32. The molecule has 1 aliphatic heterocycles. The third kappa shape index (κ3) is 7.22. The number of dihydropyridines is 1. The predicted molar refractivity (Wildman–Crippen MR) is 126 cm³/mol. The highest BCUT2D eigenvalue weighted by Crippen LogP contribution is 2.45. The Labute approximate surface area is 212 Å². The van der Waals surface area contributed by atoms with Crippen LogP contribution in [0.5, 0.6) is 0 Å². The summed E-state index contributed by atoms with van der Waals surface area (Å²) in [4.78, 5) is 26.1. The normalized spacial score (nSPS) is 16.3. The fourth-order valence-corrected chi connectivity index (χ4v) is 4.03. The minimum atomic E-state index is -4.76. The van der Waals surface area contributed by atoms with Crippen LogP contribution in [-0.2, 0) is 34.7 Å². The number of carbonyl (C=O) groups is 2. The summed E-state index contributed by atoms with van der Waals surface area (Å²) in [6.07, 6.45) is -5.31. The highest BCUT2D eigenvalue weighted by Gasteiger charge is 2.42. The number of esters is 2. The first-order valence-electron chi connectivity index (χ1n) is 11.1. The number of nitrogens with two attached hydrogens (primary N) is 1. The van der Waals surface area contributed by atoms with E-state index >= 15 is 0 Å². The Morgan fingerprint density at radius 2 is 1.78 bits per heavy atom. The van der Waals surface area contributed by atoms with Crippen molar-refractivity contribution >= 4 is 23.5 Å². The van der Waals surface area contributed by atoms with Crippen molar-refractivity contribution in [2.75, 3.05) is 40.1 Å². The number of methoxy groups -OCH3 is 1. The highest BCUT2D eigenvalue weighted by atomic mass is 35.5. The zero-order valence-electron chi connectivity index (χ0n) is 20.5. The van der Waals surface area contributed by atoms with E-state index in [1.165, 1.54) is 13.0 Å². The van der Waals surface area contributed by atoms with Crippen LogP contribution in [0, 0.1) is 0 Å². The molecule has 0 saturated heterocycles. The Kier molecular flexibility index (Phi) is 10.8. The van der Waals surface area contributed by atoms with Crippen LogP contribution >= 0.6 is 11.6 Å². The van der Waals surface area contributed by atoms with Gasteiger partial charge in [-0.2, -0.15) is 13.2 Å². The standard InChI is InChI=1S/C24H30ClF3N2O6/c1-13(2)36-23(32)20-17(12-35-11-10-34-9-8-29)30-14(3)18(22(31)33-4)19(20)15-6-5-7-16(21(15)25)24(26,27)28/h5-7,13,19,30H,8-12,29H2,1-4H3/t19-/m1/s1. The topological polar surface area (TPSA) is 109 Å². The van der Waals surface area contributed by atoms with Crippen LogP contribution in [0.3, 0.4) is 0 Å². The van der Waals surface area contributed by atoms with E-state index in [1.54, 1.807) is 13.8 Å². The Morgan fingerprint density at radius 1 is 1.11 bits per heavy atom. The number of halogens is 4. The predicted octanol–water partition coefficient (Wildman–Crippen LogP) is 3.69. The van der Waals surface area contributed by atoms with E-state index < -0.39 is 40.7 Å². The van der Waals surface area contributed by atoms with Crippen LogP contribution in [0.15, 0.2) is 40.7 Å². The number of rotatable bonds is 11. The van der Waals surface area contributed by atoms with Crippen LogP contribution in [0.4, 0.5) is 13.2 Å². The molecular formula is C24H30ClF3N2O6. The van der Waals surface area contributed by atoms with Gasteiger partial charge in [-0.05, 0) is 32.4 Å². The summed E-state index contributed by atoms with van der Waals surface area (Å²) in [6.45, 7) is 5.71. The van der Waals surface area contributed by atoms with Gasteiger partial charge < -0.3 is 30.0 Å². The largest absolute Gasteiger partial charge is 0.466 e. The molecule has 0 aromatic heterocycles. The van der Waals surface area contributed by atoms with E-state index in [9.17, 15) is 22.8 Å². The van der Waals surface area contributed by atoms with Gasteiger partial charge in [-0.3, -0.25) is 0 Å². The molecule has 0 saturated carbocycles. The summed E-state index contributed by atoms with van der Waals surface area (Å²) in [5.41, 5.74) is 4.45. The molecular weight excluding hydrogens is 505 g/mol. The van der Waals surface area contributed by atoms with E-state index in [0.717, 1.165) is 19.2 Å². The molecule has 200 valence electrons. The van der Waals surface area contributed by atoms with Crippen molar-refractivity contribution in [1.29, 1.82) is 0 Å². The van der Waals surface area contributed by atoms with Gasteiger partial charge in [0, 0.05) is 12.2 Å². The molecule has 8 nitrogen and oxygen atoms in total. The second kappa shape index (κ2) is 13.1. The Hall–Kier alpha value is -2.60. The molecule has 12 heteroatoms. The van der Waals surface area contributed by atoms with Crippen molar-refractivity contribution in [1.82, 2.24) is 5.32 Å². The van der Waals surface area contributed by atoms with Gasteiger partial charge in [-0.15, -0.1) is 0 Å². The van der Waals surface area contributed by atoms with Gasteiger partial charge in [0.2, 0.25) is 0 Å². The van der Waals surface area contributed by atoms with Gasteiger partial charge in [-0.1, -0.05) is 23.7 Å². The summed E-state index contributed by atoms with van der Waals surface area (Å²) in [6, 6.07) is 3.31. The van der Waals surface area contributed by atoms with Crippen molar-refractivity contribution in [3.8, 4) is 0 Å². The fraction of sp³-hybridized carbons (Fsp3) is 0.500. The summed E-state index contributed by atoms with van der Waals surface area (Å²) in [7, 11) is 1.13. The third-order valence-corrected chi connectivity index (χ3v) is 5.56. The van der Waals surface area contributed by atoms with Crippen LogP contribution in [-0.4, -0.2) is 58.1 Å². The van der Waals surface area contributed by atoms with Gasteiger partial charge in [-0.25, -0.2) is 9.59 Å². The zero-order chi connectivity index (χ0) is 27.0. The first-order valence-corrected chi connectivity index (χ1v) is 11.5. The quantitative estimate of drug-likeness (QED) is 0.327. The number of benzene rings is 1. The molecule has 0 bridgehead atoms. The molecule has 1 aliphatic rings. The zero-order valence-corrected chi connectivity index (χ0v) is 21.2. The van der Waals surface area contributed by atoms with Crippen molar-refractivity contribution in [3.05, 3.63) is 56.9 Å². The average molecular weight is 535 g/mol. The number of allylic oxidation sites excluding steroid dienone is 1. The number of carbonyl (C=O) groups excluding carboxylic acids is 2. The lowest BCUT2D eigenvalue weighted by atomic mass is 9.79. The average Bonchev–Trinajstić information content (AvgIpc) is 2.79. The molecule has 1 aromatic carbocycles. The first kappa shape index (κ1) is 29.6. The van der Waals surface area contributed by atoms with Crippen molar-refractivity contribution in [3.63, 3.8) is 0 Å². The van der Waals surface area contributed by atoms with Gasteiger partial charge >= 0.3 is 18.1 Å². The van der Waals surface area contributed by atoms with Crippen LogP contribution in [0.2, 0.25) is 5.02 Å². The maximum atomic E-state index is 13.6. The van der Waals surface area contributed by atoms with E-state index in [1.807, 2.05) is 0 Å². The highest BCUT2D eigenvalue weighted by molar-refractivity contribution is 6.32. The molecule has 0 spiro atoms. The van der Waals surface area contributed by atoms with E-state index in [4.69, 9.17) is 36.3 Å². The molecule has 0 fully saturated rings. The van der Waals surface area contributed by atoms with Crippen molar-refractivity contribution < 1.29 is 41.7 Å².